The van der Waals surface area contributed by atoms with Crippen LogP contribution in [-0.2, 0) is 16.0 Å². The van der Waals surface area contributed by atoms with Crippen molar-refractivity contribution in [2.24, 2.45) is 0 Å². The molecule has 104 valence electrons. The van der Waals surface area contributed by atoms with Gasteiger partial charge in [0, 0.05) is 14.1 Å². The number of carbonyl (C=O) groups is 2. The van der Waals surface area contributed by atoms with E-state index in [-0.39, 0.29) is 11.2 Å². The molecule has 1 aromatic carbocycles. The Bertz CT molecular complexity index is 434. The molecule has 0 spiro atoms. The second-order valence-electron chi connectivity index (χ2n) is 4.53. The van der Waals surface area contributed by atoms with E-state index in [1.165, 1.54) is 16.7 Å². The number of benzene rings is 1. The summed E-state index contributed by atoms with van der Waals surface area (Å²) in [6.07, 6.45) is 0.423. The first-order chi connectivity index (χ1) is 8.91. The average Bonchev–Trinajstić information content (AvgIpc) is 2.37. The Morgan fingerprint density at radius 3 is 2.32 bits per heavy atom. The molecule has 0 aliphatic rings. The van der Waals surface area contributed by atoms with Crippen molar-refractivity contribution in [1.82, 2.24) is 4.90 Å². The van der Waals surface area contributed by atoms with Gasteiger partial charge in [-0.25, -0.2) is 0 Å². The number of hydrogen-bond acceptors (Lipinski definition) is 3. The summed E-state index contributed by atoms with van der Waals surface area (Å²) >= 11 is 1.19. The lowest BCUT2D eigenvalue weighted by atomic mass is 10.1. The molecule has 4 nitrogen and oxygen atoms in total. The van der Waals surface area contributed by atoms with Crippen LogP contribution in [0.1, 0.15) is 12.5 Å². The van der Waals surface area contributed by atoms with Gasteiger partial charge < -0.3 is 10.0 Å². The Balaban J connectivity index is 2.69. The van der Waals surface area contributed by atoms with E-state index >= 15 is 0 Å². The van der Waals surface area contributed by atoms with E-state index < -0.39 is 11.2 Å². The zero-order valence-corrected chi connectivity index (χ0v) is 12.2. The van der Waals surface area contributed by atoms with E-state index in [0.29, 0.717) is 6.42 Å². The fraction of sp³-hybridized carbons (Fsp3) is 0.429. The third-order valence-electron chi connectivity index (χ3n) is 2.70. The summed E-state index contributed by atoms with van der Waals surface area (Å²) in [7, 11) is 3.35. The Kier molecular flexibility index (Phi) is 5.89. The predicted octanol–water partition coefficient (Wildman–Crippen LogP) is 1.89. The predicted molar refractivity (Wildman–Crippen MR) is 77.3 cm³/mol. The number of carbonyl (C=O) groups excluding carboxylic acids is 1. The fourth-order valence-corrected chi connectivity index (χ4v) is 2.92. The molecule has 1 amide bonds. The standard InChI is InChI=1S/C14H19NO3S/c1-10(13(16)15(2)3)19-12(14(17)18)9-11-7-5-4-6-8-11/h4-8,10,12H,9H2,1-3H3,(H,17,18). The topological polar surface area (TPSA) is 57.6 Å². The van der Waals surface area contributed by atoms with Crippen molar-refractivity contribution in [3.05, 3.63) is 35.9 Å². The Hall–Kier alpha value is -1.49. The van der Waals surface area contributed by atoms with Gasteiger partial charge in [-0.05, 0) is 18.9 Å². The van der Waals surface area contributed by atoms with E-state index in [1.807, 2.05) is 30.3 Å². The Morgan fingerprint density at radius 2 is 1.84 bits per heavy atom. The molecule has 5 heteroatoms. The van der Waals surface area contributed by atoms with Gasteiger partial charge in [-0.15, -0.1) is 11.8 Å². The summed E-state index contributed by atoms with van der Waals surface area (Å²) in [6.45, 7) is 1.74. The van der Waals surface area contributed by atoms with Gasteiger partial charge in [0.15, 0.2) is 0 Å². The first kappa shape index (κ1) is 15.6. The zero-order valence-electron chi connectivity index (χ0n) is 11.4. The normalized spacial score (nSPS) is 13.6. The Labute approximate surface area is 117 Å². The van der Waals surface area contributed by atoms with Crippen molar-refractivity contribution in [1.29, 1.82) is 0 Å². The number of carboxylic acid groups (broad SMARTS) is 1. The van der Waals surface area contributed by atoms with Crippen LogP contribution in [0.3, 0.4) is 0 Å². The minimum atomic E-state index is -0.882. The highest BCUT2D eigenvalue weighted by molar-refractivity contribution is 8.01. The van der Waals surface area contributed by atoms with Gasteiger partial charge in [0.1, 0.15) is 5.25 Å². The van der Waals surface area contributed by atoms with Crippen molar-refractivity contribution in [2.75, 3.05) is 14.1 Å². The molecule has 1 N–H and O–H groups in total. The average molecular weight is 281 g/mol. The van der Waals surface area contributed by atoms with Crippen LogP contribution >= 0.6 is 11.8 Å². The summed E-state index contributed by atoms with van der Waals surface area (Å²) in [5.41, 5.74) is 0.965. The molecule has 0 fully saturated rings. The lowest BCUT2D eigenvalue weighted by Crippen LogP contribution is -2.33. The van der Waals surface area contributed by atoms with Gasteiger partial charge in [-0.2, -0.15) is 0 Å². The lowest BCUT2D eigenvalue weighted by Gasteiger charge is -2.20. The van der Waals surface area contributed by atoms with Crippen molar-refractivity contribution < 1.29 is 14.7 Å². The summed E-state index contributed by atoms with van der Waals surface area (Å²) in [4.78, 5) is 24.5. The highest BCUT2D eigenvalue weighted by Crippen LogP contribution is 2.23. The first-order valence-corrected chi connectivity index (χ1v) is 6.99. The molecule has 19 heavy (non-hydrogen) atoms. The van der Waals surface area contributed by atoms with E-state index in [9.17, 15) is 14.7 Å². The fourth-order valence-electron chi connectivity index (χ4n) is 1.69. The molecule has 0 radical (unpaired) electrons. The monoisotopic (exact) mass is 281 g/mol. The summed E-state index contributed by atoms with van der Waals surface area (Å²) in [5, 5.41) is 8.29. The molecular formula is C14H19NO3S. The zero-order chi connectivity index (χ0) is 14.4. The SMILES string of the molecule is CC(SC(Cc1ccccc1)C(=O)O)C(=O)N(C)C. The van der Waals surface area contributed by atoms with Crippen molar-refractivity contribution in [3.8, 4) is 0 Å². The largest absolute Gasteiger partial charge is 0.480 e. The van der Waals surface area contributed by atoms with E-state index in [2.05, 4.69) is 0 Å². The van der Waals surface area contributed by atoms with Gasteiger partial charge >= 0.3 is 5.97 Å². The number of rotatable bonds is 6. The van der Waals surface area contributed by atoms with Crippen LogP contribution in [0.5, 0.6) is 0 Å². The number of amides is 1. The van der Waals surface area contributed by atoms with Crippen LogP contribution < -0.4 is 0 Å². The van der Waals surface area contributed by atoms with Gasteiger partial charge in [-0.3, -0.25) is 9.59 Å². The smallest absolute Gasteiger partial charge is 0.316 e. The molecule has 2 atom stereocenters. The summed E-state index contributed by atoms with van der Waals surface area (Å²) < 4.78 is 0. The van der Waals surface area contributed by atoms with Crippen LogP contribution in [0.15, 0.2) is 30.3 Å². The molecule has 0 saturated carbocycles. The third-order valence-corrected chi connectivity index (χ3v) is 4.00. The highest BCUT2D eigenvalue weighted by Gasteiger charge is 2.25. The lowest BCUT2D eigenvalue weighted by molar-refractivity contribution is -0.136. The van der Waals surface area contributed by atoms with Crippen LogP contribution in [0, 0.1) is 0 Å². The van der Waals surface area contributed by atoms with Crippen molar-refractivity contribution in [2.45, 2.75) is 23.8 Å². The van der Waals surface area contributed by atoms with Gasteiger partial charge in [-0.1, -0.05) is 30.3 Å². The number of hydrogen-bond donors (Lipinski definition) is 1. The molecule has 0 heterocycles. The highest BCUT2D eigenvalue weighted by atomic mass is 32.2. The number of aliphatic carboxylic acids is 1. The molecular weight excluding hydrogens is 262 g/mol. The van der Waals surface area contributed by atoms with Crippen molar-refractivity contribution in [3.63, 3.8) is 0 Å². The maximum Gasteiger partial charge on any atom is 0.316 e. The number of carboxylic acids is 1. The van der Waals surface area contributed by atoms with Crippen LogP contribution in [-0.4, -0.2) is 46.5 Å². The minimum Gasteiger partial charge on any atom is -0.480 e. The molecule has 2 unspecified atom stereocenters. The first-order valence-electron chi connectivity index (χ1n) is 6.05. The van der Waals surface area contributed by atoms with Crippen molar-refractivity contribution >= 4 is 23.6 Å². The third kappa shape index (κ3) is 4.95. The number of nitrogens with zero attached hydrogens (tertiary/aromatic N) is 1. The molecule has 0 aromatic heterocycles. The maximum atomic E-state index is 11.8. The van der Waals surface area contributed by atoms with Gasteiger partial charge in [0.25, 0.3) is 0 Å². The summed E-state index contributed by atoms with van der Waals surface area (Å²) in [5.74, 6) is -0.948. The molecule has 1 rings (SSSR count). The maximum absolute atomic E-state index is 11.8. The second-order valence-corrected chi connectivity index (χ2v) is 6.08. The molecule has 1 aromatic rings. The molecule has 0 aliphatic heterocycles. The minimum absolute atomic E-state index is 0.0655. The number of thioether (sulfide) groups is 1. The molecule has 0 saturated heterocycles. The van der Waals surface area contributed by atoms with Crippen LogP contribution in [0.25, 0.3) is 0 Å². The van der Waals surface area contributed by atoms with Gasteiger partial charge in [0.2, 0.25) is 5.91 Å². The van der Waals surface area contributed by atoms with E-state index in [4.69, 9.17) is 0 Å². The Morgan fingerprint density at radius 1 is 1.26 bits per heavy atom. The van der Waals surface area contributed by atoms with E-state index in [0.717, 1.165) is 5.56 Å². The quantitative estimate of drug-likeness (QED) is 0.865. The van der Waals surface area contributed by atoms with Crippen LogP contribution in [0.4, 0.5) is 0 Å². The van der Waals surface area contributed by atoms with Crippen LogP contribution in [0.2, 0.25) is 0 Å². The molecule has 0 aliphatic carbocycles. The van der Waals surface area contributed by atoms with Gasteiger partial charge in [0.05, 0.1) is 5.25 Å². The van der Waals surface area contributed by atoms with E-state index in [1.54, 1.807) is 21.0 Å². The molecule has 0 bridgehead atoms. The summed E-state index contributed by atoms with van der Waals surface area (Å²) in [6, 6.07) is 9.45. The second kappa shape index (κ2) is 7.19.